The van der Waals surface area contributed by atoms with Gasteiger partial charge in [-0.3, -0.25) is 14.7 Å². The van der Waals surface area contributed by atoms with Crippen LogP contribution < -0.4 is 4.74 Å². The van der Waals surface area contributed by atoms with Crippen LogP contribution in [0.3, 0.4) is 0 Å². The Morgan fingerprint density at radius 1 is 0.949 bits per heavy atom. The molecule has 0 radical (unpaired) electrons. The summed E-state index contributed by atoms with van der Waals surface area (Å²) in [4.78, 5) is 30.8. The Labute approximate surface area is 229 Å². The van der Waals surface area contributed by atoms with Crippen LogP contribution in [0.25, 0.3) is 22.3 Å². The normalized spacial score (nSPS) is 16.7. The molecule has 6 nitrogen and oxygen atoms in total. The largest absolute Gasteiger partial charge is 0.496 e. The van der Waals surface area contributed by atoms with Crippen LogP contribution in [0.2, 0.25) is 0 Å². The molecule has 39 heavy (non-hydrogen) atoms. The third-order valence-electron chi connectivity index (χ3n) is 7.46. The van der Waals surface area contributed by atoms with Crippen LogP contribution in [0.4, 0.5) is 4.79 Å². The molecule has 1 aliphatic heterocycles. The number of carbonyl (C=O) groups is 2. The zero-order chi connectivity index (χ0) is 27.7. The Kier molecular flexibility index (Phi) is 7.20. The van der Waals surface area contributed by atoms with Crippen LogP contribution in [0.1, 0.15) is 52.6 Å². The Bertz CT molecular complexity index is 1550. The van der Waals surface area contributed by atoms with Gasteiger partial charge in [-0.1, -0.05) is 42.0 Å². The first-order valence-corrected chi connectivity index (χ1v) is 13.0. The molecule has 1 aromatic heterocycles. The fourth-order valence-electron chi connectivity index (χ4n) is 5.30. The second-order valence-electron chi connectivity index (χ2n) is 10.1. The first-order valence-electron chi connectivity index (χ1n) is 13.0. The summed E-state index contributed by atoms with van der Waals surface area (Å²) < 4.78 is 11.6. The van der Waals surface area contributed by atoms with Crippen molar-refractivity contribution in [2.45, 2.75) is 46.4 Å². The lowest BCUT2D eigenvalue weighted by molar-refractivity contribution is 0.101. The highest BCUT2D eigenvalue weighted by Crippen LogP contribution is 2.39. The van der Waals surface area contributed by atoms with Gasteiger partial charge in [-0.15, -0.1) is 0 Å². The second kappa shape index (κ2) is 10.7. The maximum atomic E-state index is 13.0. The number of aryl methyl sites for hydroxylation is 2. The van der Waals surface area contributed by atoms with Crippen molar-refractivity contribution in [3.05, 3.63) is 107 Å². The molecule has 3 aromatic carbocycles. The lowest BCUT2D eigenvalue weighted by atomic mass is 9.91. The summed E-state index contributed by atoms with van der Waals surface area (Å²) in [5.74, 6) is 0.791. The molecule has 0 saturated carbocycles. The Morgan fingerprint density at radius 3 is 2.38 bits per heavy atom. The molecule has 0 unspecified atom stereocenters. The minimum absolute atomic E-state index is 0.0465. The molecule has 2 heterocycles. The number of nitrogens with zero attached hydrogens (tertiary/aromatic N) is 2. The number of cyclic esters (lactones) is 1. The number of pyridine rings is 1. The first-order chi connectivity index (χ1) is 18.8. The van der Waals surface area contributed by atoms with Gasteiger partial charge < -0.3 is 9.47 Å². The third kappa shape index (κ3) is 5.15. The molecule has 0 N–H and O–H groups in total. The number of aromatic nitrogens is 1. The van der Waals surface area contributed by atoms with Crippen molar-refractivity contribution in [3.8, 4) is 28.0 Å². The van der Waals surface area contributed by atoms with E-state index < -0.39 is 0 Å². The molecular formula is C33H32N2O4. The fraction of sp³-hybridized carbons (Fsp3) is 0.242. The van der Waals surface area contributed by atoms with Crippen molar-refractivity contribution in [2.24, 2.45) is 0 Å². The number of rotatable bonds is 7. The van der Waals surface area contributed by atoms with Gasteiger partial charge in [0.1, 0.15) is 11.9 Å². The van der Waals surface area contributed by atoms with Crippen LogP contribution in [-0.4, -0.2) is 34.9 Å². The van der Waals surface area contributed by atoms with E-state index in [2.05, 4.69) is 29.2 Å². The van der Waals surface area contributed by atoms with Gasteiger partial charge in [-0.2, -0.15) is 0 Å². The van der Waals surface area contributed by atoms with Crippen molar-refractivity contribution in [3.63, 3.8) is 0 Å². The van der Waals surface area contributed by atoms with Crippen LogP contribution in [0.15, 0.2) is 79.1 Å². The number of ketones is 1. The lowest BCUT2D eigenvalue weighted by Crippen LogP contribution is -2.31. The van der Waals surface area contributed by atoms with Crippen molar-refractivity contribution >= 4 is 11.9 Å². The number of carbonyl (C=O) groups excluding carboxylic acids is 2. The standard InChI is InChI=1S/C33H32N2O4/c1-20-6-9-29(27(16-20)19-35-22(3)32(39-33(35)37)24-12-14-34-15-13-24)30-18-26(8-11-31(30)38-5)28-10-7-25(23(4)36)17-21(28)2/h6-18,22,32H,19H2,1-5H3/t22-,32-/m0/s1. The van der Waals surface area contributed by atoms with Crippen molar-refractivity contribution < 1.29 is 19.1 Å². The molecule has 0 aliphatic carbocycles. The van der Waals surface area contributed by atoms with Crippen LogP contribution in [0, 0.1) is 13.8 Å². The van der Waals surface area contributed by atoms with Gasteiger partial charge in [0.2, 0.25) is 0 Å². The predicted molar refractivity (Wildman–Crippen MR) is 152 cm³/mol. The number of hydrogen-bond acceptors (Lipinski definition) is 5. The molecule has 1 aliphatic rings. The van der Waals surface area contributed by atoms with E-state index in [1.165, 1.54) is 0 Å². The monoisotopic (exact) mass is 520 g/mol. The Balaban J connectivity index is 1.54. The number of hydrogen-bond donors (Lipinski definition) is 0. The maximum absolute atomic E-state index is 13.0. The second-order valence-corrected chi connectivity index (χ2v) is 10.1. The number of ether oxygens (including phenoxy) is 2. The summed E-state index contributed by atoms with van der Waals surface area (Å²) in [6.07, 6.45) is 2.74. The molecule has 2 atom stereocenters. The van der Waals surface area contributed by atoms with Gasteiger partial charge in [0.25, 0.3) is 0 Å². The highest BCUT2D eigenvalue weighted by Gasteiger charge is 2.39. The van der Waals surface area contributed by atoms with Gasteiger partial charge in [0.15, 0.2) is 5.78 Å². The van der Waals surface area contributed by atoms with Gasteiger partial charge >= 0.3 is 6.09 Å². The molecule has 0 spiro atoms. The summed E-state index contributed by atoms with van der Waals surface area (Å²) in [5.41, 5.74) is 8.76. The molecule has 1 saturated heterocycles. The Hall–Kier alpha value is -4.45. The van der Waals surface area contributed by atoms with Crippen molar-refractivity contribution in [2.75, 3.05) is 7.11 Å². The van der Waals surface area contributed by atoms with Gasteiger partial charge in [-0.05, 0) is 91.4 Å². The molecule has 4 aromatic rings. The van der Waals surface area contributed by atoms with E-state index in [0.717, 1.165) is 50.3 Å². The quantitative estimate of drug-likeness (QED) is 0.239. The van der Waals surface area contributed by atoms with Gasteiger partial charge in [-0.25, -0.2) is 4.79 Å². The van der Waals surface area contributed by atoms with E-state index in [-0.39, 0.29) is 24.0 Å². The highest BCUT2D eigenvalue weighted by molar-refractivity contribution is 5.95. The number of amides is 1. The summed E-state index contributed by atoms with van der Waals surface area (Å²) in [6, 6.07) is 21.8. The van der Waals surface area contributed by atoms with E-state index >= 15 is 0 Å². The molecule has 1 amide bonds. The van der Waals surface area contributed by atoms with Crippen LogP contribution in [0.5, 0.6) is 5.75 Å². The summed E-state index contributed by atoms with van der Waals surface area (Å²) in [6.45, 7) is 8.06. The highest BCUT2D eigenvalue weighted by atomic mass is 16.6. The maximum Gasteiger partial charge on any atom is 0.411 e. The molecular weight excluding hydrogens is 488 g/mol. The smallest absolute Gasteiger partial charge is 0.411 e. The van der Waals surface area contributed by atoms with Crippen LogP contribution >= 0.6 is 0 Å². The first kappa shape index (κ1) is 26.2. The number of methoxy groups -OCH3 is 1. The summed E-state index contributed by atoms with van der Waals surface area (Å²) >= 11 is 0. The predicted octanol–water partition coefficient (Wildman–Crippen LogP) is 7.33. The SMILES string of the molecule is COc1ccc(-c2ccc(C(C)=O)cc2C)cc1-c1ccc(C)cc1CN1C(=O)O[C@H](c2ccncc2)[C@@H]1C. The molecule has 0 bridgehead atoms. The third-order valence-corrected chi connectivity index (χ3v) is 7.46. The number of benzene rings is 3. The molecule has 198 valence electrons. The molecule has 5 rings (SSSR count). The lowest BCUT2D eigenvalue weighted by Gasteiger charge is -2.23. The zero-order valence-corrected chi connectivity index (χ0v) is 22.9. The van der Waals surface area contributed by atoms with Crippen molar-refractivity contribution in [1.82, 2.24) is 9.88 Å². The van der Waals surface area contributed by atoms with E-state index in [1.807, 2.05) is 63.2 Å². The average molecular weight is 521 g/mol. The fourth-order valence-corrected chi connectivity index (χ4v) is 5.30. The minimum atomic E-state index is -0.354. The van der Waals surface area contributed by atoms with Crippen molar-refractivity contribution in [1.29, 1.82) is 0 Å². The zero-order valence-electron chi connectivity index (χ0n) is 22.9. The molecule has 1 fully saturated rings. The van der Waals surface area contributed by atoms with Gasteiger partial charge in [0.05, 0.1) is 19.7 Å². The van der Waals surface area contributed by atoms with Crippen LogP contribution in [-0.2, 0) is 11.3 Å². The molecule has 6 heteroatoms. The number of Topliss-reactive ketones (excluding diaryl/α,β-unsaturated/α-hetero) is 1. The van der Waals surface area contributed by atoms with E-state index in [0.29, 0.717) is 12.1 Å². The van der Waals surface area contributed by atoms with E-state index in [4.69, 9.17) is 9.47 Å². The Morgan fingerprint density at radius 2 is 1.69 bits per heavy atom. The summed E-state index contributed by atoms with van der Waals surface area (Å²) in [5, 5.41) is 0. The summed E-state index contributed by atoms with van der Waals surface area (Å²) in [7, 11) is 1.67. The minimum Gasteiger partial charge on any atom is -0.496 e. The van der Waals surface area contributed by atoms with Gasteiger partial charge in [0, 0.05) is 23.5 Å². The van der Waals surface area contributed by atoms with E-state index in [9.17, 15) is 9.59 Å². The average Bonchev–Trinajstić information content (AvgIpc) is 3.21. The topological polar surface area (TPSA) is 68.7 Å². The van der Waals surface area contributed by atoms with E-state index in [1.54, 1.807) is 31.3 Å².